The summed E-state index contributed by atoms with van der Waals surface area (Å²) in [4.78, 5) is 10.8. The van der Waals surface area contributed by atoms with Gasteiger partial charge in [0.05, 0.1) is 0 Å². The average Bonchev–Trinajstić information content (AvgIpc) is 2.66. The topological polar surface area (TPSA) is 26.3 Å². The Morgan fingerprint density at radius 2 is 2.00 bits per heavy atom. The third kappa shape index (κ3) is 7.99. The zero-order valence-corrected chi connectivity index (χ0v) is 10.7. The van der Waals surface area contributed by atoms with E-state index in [9.17, 15) is 17.7 Å². The molecule has 7 heteroatoms. The zero-order valence-electron chi connectivity index (χ0n) is 7.60. The molecule has 0 bridgehead atoms. The summed E-state index contributed by atoms with van der Waals surface area (Å²) in [5, 5.41) is 0. The van der Waals surface area contributed by atoms with Crippen molar-refractivity contribution in [3.63, 3.8) is 0 Å². The van der Waals surface area contributed by atoms with E-state index >= 15 is 0 Å². The van der Waals surface area contributed by atoms with Gasteiger partial charge in [-0.25, -0.2) is 0 Å². The second kappa shape index (κ2) is 7.28. The molecule has 0 unspecified atom stereocenters. The molecule has 1 aliphatic carbocycles. The molecule has 0 N–H and O–H groups in total. The van der Waals surface area contributed by atoms with Gasteiger partial charge in [0.25, 0.3) is 0 Å². The quantitative estimate of drug-likeness (QED) is 0.519. The van der Waals surface area contributed by atoms with Gasteiger partial charge in [-0.3, -0.25) is 12.9 Å². The predicted molar refractivity (Wildman–Crippen MR) is 43.3 cm³/mol. The standard InChI is InChI=1S/C6H9O2.BF3.K/c1-2-8-6(7)5-3-4-5;2-1(3)4;/h3,5H,2,4H2,1H3;;/t5-;;/m0../s1. The van der Waals surface area contributed by atoms with Crippen molar-refractivity contribution in [1.82, 2.24) is 0 Å². The van der Waals surface area contributed by atoms with Crippen LogP contribution in [0.4, 0.5) is 12.9 Å². The summed E-state index contributed by atoms with van der Waals surface area (Å²) in [6.07, 6.45) is 1.11. The Balaban J connectivity index is 0.000000310. The first kappa shape index (κ1) is 14.0. The number of rotatable bonds is 2. The Kier molecular flexibility index (Phi) is 7.82. The first-order valence-corrected chi connectivity index (χ1v) is 5.88. The van der Waals surface area contributed by atoms with Crippen LogP contribution in [0.2, 0.25) is 0.0125 Å². The molecule has 0 aliphatic heterocycles. The molecule has 13 heavy (non-hydrogen) atoms. The summed E-state index contributed by atoms with van der Waals surface area (Å²) in [6, 6.07) is 0. The van der Waals surface area contributed by atoms with E-state index in [1.54, 1.807) is 0 Å². The van der Waals surface area contributed by atoms with E-state index in [0.29, 0.717) is 12.5 Å². The van der Waals surface area contributed by atoms with Crippen LogP contribution in [0.5, 0.6) is 0 Å². The van der Waals surface area contributed by atoms with Crippen molar-refractivity contribution in [2.24, 2.45) is 5.92 Å². The molecular formula is C6H9BF3KO2. The van der Waals surface area contributed by atoms with E-state index in [-0.39, 0.29) is 5.97 Å². The van der Waals surface area contributed by atoms with Gasteiger partial charge >= 0.3 is 97.9 Å². The number of hydrogen-bond donors (Lipinski definition) is 0. The van der Waals surface area contributed by atoms with E-state index in [0.717, 1.165) is 55.4 Å². The Morgan fingerprint density at radius 1 is 1.62 bits per heavy atom. The molecule has 0 heterocycles. The molecule has 0 aromatic rings. The van der Waals surface area contributed by atoms with Crippen molar-refractivity contribution in [2.45, 2.75) is 13.4 Å². The van der Waals surface area contributed by atoms with Gasteiger partial charge in [0, 0.05) is 0 Å². The van der Waals surface area contributed by atoms with Gasteiger partial charge in [0.15, 0.2) is 0 Å². The molecule has 1 fully saturated rings. The fourth-order valence-corrected chi connectivity index (χ4v) is 2.12. The van der Waals surface area contributed by atoms with Crippen LogP contribution in [0.3, 0.4) is 0 Å². The number of hydrogen-bond acceptors (Lipinski definition) is 2. The molecule has 0 spiro atoms. The maximum absolute atomic E-state index is 10.8. The van der Waals surface area contributed by atoms with Gasteiger partial charge < -0.3 is 0 Å². The van der Waals surface area contributed by atoms with E-state index < -0.39 is 7.54 Å². The summed E-state index contributed by atoms with van der Waals surface area (Å²) < 4.78 is 34.6. The molecule has 0 amide bonds. The van der Waals surface area contributed by atoms with E-state index in [4.69, 9.17) is 4.74 Å². The first-order valence-electron chi connectivity index (χ1n) is 4.07. The summed E-state index contributed by atoms with van der Waals surface area (Å²) >= 11 is 0.824. The maximum atomic E-state index is 10.8. The molecule has 1 rings (SSSR count). The molecule has 1 aliphatic rings. The maximum Gasteiger partial charge on any atom is 0.762 e. The summed E-state index contributed by atoms with van der Waals surface area (Å²) in [6.45, 7) is 2.39. The van der Waals surface area contributed by atoms with Crippen molar-refractivity contribution in [2.75, 3.05) is 6.61 Å². The minimum Gasteiger partial charge on any atom is -0.254 e. The smallest absolute Gasteiger partial charge is 0.254 e. The number of carbonyl (C=O) groups excluding carboxylic acids is 1. The van der Waals surface area contributed by atoms with Gasteiger partial charge in [0.1, 0.15) is 0 Å². The molecular weight excluding hydrogens is 211 g/mol. The van der Waals surface area contributed by atoms with Gasteiger partial charge in [-0.15, -0.1) is 0 Å². The number of halogens is 3. The monoisotopic (exact) mass is 220 g/mol. The third-order valence-electron chi connectivity index (χ3n) is 1.70. The Morgan fingerprint density at radius 3 is 2.23 bits per heavy atom. The minimum atomic E-state index is -3.67. The third-order valence-corrected chi connectivity index (χ3v) is 3.69. The van der Waals surface area contributed by atoms with Crippen LogP contribution in [0, 0.1) is 5.92 Å². The SMILES string of the molecule is CCOC(=O)[C@@H]1C[C@H]1[K].FB(F)F. The normalized spacial score (nSPS) is 24.2. The Labute approximate surface area is 109 Å². The van der Waals surface area contributed by atoms with Crippen LogP contribution in [-0.2, 0) is 9.53 Å². The number of ether oxygens (including phenoxy) is 1. The number of carbonyl (C=O) groups is 1. The van der Waals surface area contributed by atoms with E-state index in [2.05, 4.69) is 0 Å². The van der Waals surface area contributed by atoms with Crippen LogP contribution >= 0.6 is 0 Å². The van der Waals surface area contributed by atoms with Gasteiger partial charge in [-0.05, 0) is 0 Å². The van der Waals surface area contributed by atoms with Gasteiger partial charge in [0.2, 0.25) is 0 Å². The van der Waals surface area contributed by atoms with Crippen LogP contribution < -0.4 is 0 Å². The molecule has 0 saturated heterocycles. The van der Waals surface area contributed by atoms with Crippen LogP contribution in [0.25, 0.3) is 0 Å². The molecule has 0 aromatic heterocycles. The van der Waals surface area contributed by atoms with E-state index in [1.807, 2.05) is 6.92 Å². The fraction of sp³-hybridized carbons (Fsp3) is 0.833. The van der Waals surface area contributed by atoms with Crippen molar-refractivity contribution >= 4 is 62.5 Å². The van der Waals surface area contributed by atoms with E-state index in [1.165, 1.54) is 0 Å². The molecule has 0 radical (unpaired) electrons. The van der Waals surface area contributed by atoms with Gasteiger partial charge in [-0.2, -0.15) is 0 Å². The first-order chi connectivity index (χ1) is 5.99. The second-order valence-electron chi connectivity index (χ2n) is 2.82. The molecule has 2 atom stereocenters. The largest absolute Gasteiger partial charge is 0.762 e. The van der Waals surface area contributed by atoms with Crippen molar-refractivity contribution < 1.29 is 22.5 Å². The predicted octanol–water partition coefficient (Wildman–Crippen LogP) is 1.41. The second-order valence-corrected chi connectivity index (χ2v) is 5.14. The molecule has 2 nitrogen and oxygen atoms in total. The molecule has 70 valence electrons. The average molecular weight is 220 g/mol. The van der Waals surface area contributed by atoms with Crippen LogP contribution in [0.15, 0.2) is 0 Å². The zero-order chi connectivity index (χ0) is 10.4. The van der Waals surface area contributed by atoms with Gasteiger partial charge in [-0.1, -0.05) is 0 Å². The molecule has 0 aromatic carbocycles. The van der Waals surface area contributed by atoms with Crippen molar-refractivity contribution in [3.05, 3.63) is 0 Å². The Hall–Kier alpha value is 0.961. The Bertz CT molecular complexity index is 167. The van der Waals surface area contributed by atoms with Crippen LogP contribution in [-0.4, -0.2) is 69.1 Å². The summed E-state index contributed by atoms with van der Waals surface area (Å²) in [5.41, 5.74) is 0. The molecule has 1 saturated carbocycles. The summed E-state index contributed by atoms with van der Waals surface area (Å²) in [5.74, 6) is 0.348. The minimum absolute atomic E-state index is 0.0376. The number of esters is 1. The fourth-order valence-electron chi connectivity index (χ4n) is 0.900. The summed E-state index contributed by atoms with van der Waals surface area (Å²) in [7, 11) is -3.67. The van der Waals surface area contributed by atoms with Crippen molar-refractivity contribution in [1.29, 1.82) is 0 Å². The van der Waals surface area contributed by atoms with Crippen LogP contribution in [0.1, 0.15) is 13.3 Å². The van der Waals surface area contributed by atoms with Crippen molar-refractivity contribution in [3.8, 4) is 0 Å².